The third-order valence-corrected chi connectivity index (χ3v) is 7.33. The predicted octanol–water partition coefficient (Wildman–Crippen LogP) is 6.76. The zero-order chi connectivity index (χ0) is 31.3. The van der Waals surface area contributed by atoms with Gasteiger partial charge < -0.3 is 25.2 Å². The van der Waals surface area contributed by atoms with Gasteiger partial charge in [0.2, 0.25) is 5.91 Å². The number of piperazine rings is 1. The van der Waals surface area contributed by atoms with E-state index in [0.29, 0.717) is 5.02 Å². The van der Waals surface area contributed by atoms with Gasteiger partial charge in [-0.2, -0.15) is 13.2 Å². The molecule has 0 atom stereocenters. The molecule has 0 spiro atoms. The Morgan fingerprint density at radius 2 is 1.67 bits per heavy atom. The Bertz CT molecular complexity index is 1640. The molecule has 12 heteroatoms. The summed E-state index contributed by atoms with van der Waals surface area (Å²) in [6.07, 6.45) is -0.126. The molecule has 1 saturated heterocycles. The molecule has 0 saturated carbocycles. The first kappa shape index (κ1) is 31.6. The summed E-state index contributed by atoms with van der Waals surface area (Å²) < 4.78 is 31.7. The van der Waals surface area contributed by atoms with Crippen LogP contribution in [0, 0.1) is 6.92 Å². The molecule has 226 valence electrons. The fourth-order valence-electron chi connectivity index (χ4n) is 4.72. The minimum Gasteiger partial charge on any atom is -0.475 e. The van der Waals surface area contributed by atoms with Crippen LogP contribution in [0.1, 0.15) is 12.5 Å². The fourth-order valence-corrected chi connectivity index (χ4v) is 4.96. The molecule has 3 heterocycles. The molecule has 1 amide bonds. The van der Waals surface area contributed by atoms with Crippen LogP contribution in [0.3, 0.4) is 0 Å². The number of nitrogens with one attached hydrogen (secondary N) is 2. The van der Waals surface area contributed by atoms with Crippen molar-refractivity contribution in [3.05, 3.63) is 77.5 Å². The van der Waals surface area contributed by atoms with Crippen LogP contribution in [-0.2, 0) is 9.59 Å². The highest BCUT2D eigenvalue weighted by Gasteiger charge is 2.38. The van der Waals surface area contributed by atoms with Crippen molar-refractivity contribution in [1.82, 2.24) is 14.9 Å². The average Bonchev–Trinajstić information content (AvgIpc) is 3.36. The highest BCUT2D eigenvalue weighted by Crippen LogP contribution is 2.42. The molecule has 2 aromatic heterocycles. The number of fused-ring (bicyclic) bond motifs is 1. The van der Waals surface area contributed by atoms with Gasteiger partial charge in [-0.1, -0.05) is 41.9 Å². The third-order valence-electron chi connectivity index (χ3n) is 7.01. The molecule has 4 aromatic rings. The first-order valence-corrected chi connectivity index (χ1v) is 13.8. The summed E-state index contributed by atoms with van der Waals surface area (Å²) in [6.45, 7) is 7.99. The summed E-state index contributed by atoms with van der Waals surface area (Å²) in [7, 11) is 2.17. The normalized spacial score (nSPS) is 14.1. The second kappa shape index (κ2) is 13.3. The van der Waals surface area contributed by atoms with Gasteiger partial charge in [-0.05, 0) is 67.9 Å². The number of aryl methyl sites for hydroxylation is 1. The Labute approximate surface area is 251 Å². The van der Waals surface area contributed by atoms with E-state index in [1.807, 2.05) is 32.0 Å². The fraction of sp³-hybridized carbons (Fsp3) is 0.258. The largest absolute Gasteiger partial charge is 0.490 e. The Morgan fingerprint density at radius 1 is 1.05 bits per heavy atom. The first-order chi connectivity index (χ1) is 20.4. The minimum atomic E-state index is -5.08. The van der Waals surface area contributed by atoms with Crippen LogP contribution in [0.5, 0.6) is 0 Å². The molecular weight excluding hydrogens is 583 g/mol. The number of hydrogen-bond donors (Lipinski definition) is 3. The van der Waals surface area contributed by atoms with Crippen LogP contribution in [0.4, 0.5) is 24.5 Å². The maximum atomic E-state index is 12.3. The van der Waals surface area contributed by atoms with E-state index in [4.69, 9.17) is 21.5 Å². The van der Waals surface area contributed by atoms with Crippen molar-refractivity contribution >= 4 is 45.9 Å². The van der Waals surface area contributed by atoms with E-state index in [-0.39, 0.29) is 5.91 Å². The lowest BCUT2D eigenvalue weighted by molar-refractivity contribution is -0.192. The summed E-state index contributed by atoms with van der Waals surface area (Å²) in [5.41, 5.74) is 7.63. The number of carbonyl (C=O) groups excluding carboxylic acids is 1. The number of allylic oxidation sites excluding steroid dienone is 1. The minimum absolute atomic E-state index is 0.156. The van der Waals surface area contributed by atoms with Gasteiger partial charge in [-0.15, -0.1) is 0 Å². The van der Waals surface area contributed by atoms with Crippen molar-refractivity contribution in [2.24, 2.45) is 0 Å². The number of carboxylic acid groups (broad SMARTS) is 1. The van der Waals surface area contributed by atoms with Crippen LogP contribution < -0.4 is 10.2 Å². The van der Waals surface area contributed by atoms with Gasteiger partial charge in [0.05, 0.1) is 10.7 Å². The second-order valence-corrected chi connectivity index (χ2v) is 10.5. The number of aliphatic carboxylic acids is 1. The SMILES string of the molecule is C/C=C/C(=O)Nc1cc(-c2c(-c3ccc(N4CCN(C)CC4)cc3)[nH]c3nccc(Cl)c23)ccc1C.O=C(O)C(F)(F)F. The van der Waals surface area contributed by atoms with Gasteiger partial charge >= 0.3 is 12.1 Å². The quantitative estimate of drug-likeness (QED) is 0.215. The van der Waals surface area contributed by atoms with Crippen molar-refractivity contribution in [2.75, 3.05) is 43.4 Å². The molecule has 2 aromatic carbocycles. The van der Waals surface area contributed by atoms with Crippen LogP contribution in [0.2, 0.25) is 5.02 Å². The number of aromatic nitrogens is 2. The number of benzene rings is 2. The van der Waals surface area contributed by atoms with Gasteiger partial charge in [0, 0.05) is 54.7 Å². The molecule has 43 heavy (non-hydrogen) atoms. The van der Waals surface area contributed by atoms with E-state index in [1.165, 1.54) is 11.8 Å². The Hall–Kier alpha value is -4.35. The van der Waals surface area contributed by atoms with Crippen LogP contribution >= 0.6 is 11.6 Å². The van der Waals surface area contributed by atoms with Crippen LogP contribution in [0.15, 0.2) is 66.9 Å². The zero-order valence-electron chi connectivity index (χ0n) is 23.8. The topological polar surface area (TPSA) is 102 Å². The monoisotopic (exact) mass is 613 g/mol. The summed E-state index contributed by atoms with van der Waals surface area (Å²) in [5, 5.41) is 11.6. The Morgan fingerprint density at radius 3 is 2.28 bits per heavy atom. The number of H-pyrrole nitrogens is 1. The smallest absolute Gasteiger partial charge is 0.475 e. The van der Waals surface area contributed by atoms with Crippen molar-refractivity contribution in [2.45, 2.75) is 20.0 Å². The molecule has 0 unspecified atom stereocenters. The van der Waals surface area contributed by atoms with Gasteiger partial charge in [-0.25, -0.2) is 9.78 Å². The molecule has 3 N–H and O–H groups in total. The first-order valence-electron chi connectivity index (χ1n) is 13.4. The summed E-state index contributed by atoms with van der Waals surface area (Å²) in [6, 6.07) is 16.6. The number of nitrogens with zero attached hydrogens (tertiary/aromatic N) is 3. The maximum absolute atomic E-state index is 12.3. The van der Waals surface area contributed by atoms with E-state index < -0.39 is 12.1 Å². The van der Waals surface area contributed by atoms with E-state index in [2.05, 4.69) is 62.5 Å². The van der Waals surface area contributed by atoms with E-state index >= 15 is 0 Å². The number of alkyl halides is 3. The van der Waals surface area contributed by atoms with Crippen LogP contribution in [0.25, 0.3) is 33.4 Å². The summed E-state index contributed by atoms with van der Waals surface area (Å²) in [5.74, 6) is -2.91. The zero-order valence-corrected chi connectivity index (χ0v) is 24.6. The lowest BCUT2D eigenvalue weighted by Crippen LogP contribution is -2.44. The number of carboxylic acids is 1. The van der Waals surface area contributed by atoms with Crippen molar-refractivity contribution in [1.29, 1.82) is 0 Å². The number of carbonyl (C=O) groups is 2. The molecule has 0 radical (unpaired) electrons. The van der Waals surface area contributed by atoms with E-state index in [0.717, 1.165) is 70.8 Å². The third kappa shape index (κ3) is 7.54. The number of amides is 1. The number of anilines is 2. The molecular formula is C31H31ClF3N5O3. The number of halogens is 4. The number of hydrogen-bond acceptors (Lipinski definition) is 5. The van der Waals surface area contributed by atoms with Gasteiger partial charge in [0.1, 0.15) is 5.65 Å². The van der Waals surface area contributed by atoms with Crippen molar-refractivity contribution < 1.29 is 27.9 Å². The number of rotatable bonds is 5. The maximum Gasteiger partial charge on any atom is 0.490 e. The highest BCUT2D eigenvalue weighted by molar-refractivity contribution is 6.36. The van der Waals surface area contributed by atoms with Crippen LogP contribution in [-0.4, -0.2) is 71.3 Å². The predicted molar refractivity (Wildman–Crippen MR) is 164 cm³/mol. The number of pyridine rings is 1. The number of aromatic amines is 1. The summed E-state index contributed by atoms with van der Waals surface area (Å²) in [4.78, 5) is 34.0. The van der Waals surface area contributed by atoms with Crippen molar-refractivity contribution in [3.8, 4) is 22.4 Å². The van der Waals surface area contributed by atoms with Gasteiger partial charge in [0.15, 0.2) is 0 Å². The average molecular weight is 614 g/mol. The molecule has 0 aliphatic carbocycles. The Balaban J connectivity index is 0.000000541. The lowest BCUT2D eigenvalue weighted by Gasteiger charge is -2.34. The highest BCUT2D eigenvalue weighted by atomic mass is 35.5. The van der Waals surface area contributed by atoms with E-state index in [9.17, 15) is 18.0 Å². The Kier molecular flexibility index (Phi) is 9.77. The van der Waals surface area contributed by atoms with Crippen molar-refractivity contribution in [3.63, 3.8) is 0 Å². The molecule has 8 nitrogen and oxygen atoms in total. The number of likely N-dealkylation sites (N-methyl/N-ethyl adjacent to an activating group) is 1. The molecule has 1 fully saturated rings. The molecule has 1 aliphatic rings. The van der Waals surface area contributed by atoms with Gasteiger partial charge in [-0.3, -0.25) is 4.79 Å². The lowest BCUT2D eigenvalue weighted by atomic mass is 9.97. The van der Waals surface area contributed by atoms with E-state index in [1.54, 1.807) is 12.3 Å². The molecule has 5 rings (SSSR count). The molecule has 1 aliphatic heterocycles. The second-order valence-electron chi connectivity index (χ2n) is 10.1. The standard InChI is InChI=1S/C29H30ClN5O.C2HF3O2/c1-4-5-25(36)32-24-18-21(7-6-19(24)2)26-27-23(30)12-13-31-29(27)33-28(26)20-8-10-22(11-9-20)35-16-14-34(3)15-17-35;3-2(4,5)1(6)7/h4-13,18H,14-17H2,1-3H3,(H,31,33)(H,32,36);(H,6,7)/b5-4+;. The summed E-state index contributed by atoms with van der Waals surface area (Å²) >= 11 is 6.70. The molecule has 0 bridgehead atoms. The van der Waals surface area contributed by atoms with Gasteiger partial charge in [0.25, 0.3) is 0 Å².